The summed E-state index contributed by atoms with van der Waals surface area (Å²) < 4.78 is 0. The predicted octanol–water partition coefficient (Wildman–Crippen LogP) is 1.25. The van der Waals surface area contributed by atoms with E-state index < -0.39 is 0 Å². The lowest BCUT2D eigenvalue weighted by Gasteiger charge is -2.17. The average Bonchev–Trinajstić information content (AvgIpc) is 2.35. The van der Waals surface area contributed by atoms with Crippen LogP contribution in [0.3, 0.4) is 0 Å². The van der Waals surface area contributed by atoms with E-state index in [0.717, 1.165) is 11.3 Å². The minimum Gasteiger partial charge on any atom is -0.326 e. The van der Waals surface area contributed by atoms with E-state index >= 15 is 0 Å². The summed E-state index contributed by atoms with van der Waals surface area (Å²) in [5.74, 6) is -0.254. The Morgan fingerprint density at radius 1 is 1.47 bits per heavy atom. The molecular formula is C12H14N2O3. The lowest BCUT2D eigenvalue weighted by atomic mass is 10.0. The van der Waals surface area contributed by atoms with Crippen LogP contribution >= 0.6 is 0 Å². The fraction of sp³-hybridized carbons (Fsp3) is 0.333. The van der Waals surface area contributed by atoms with Crippen molar-refractivity contribution < 1.29 is 14.4 Å². The second-order valence-electron chi connectivity index (χ2n) is 3.78. The molecule has 2 rings (SSSR count). The summed E-state index contributed by atoms with van der Waals surface area (Å²) in [5.41, 5.74) is 4.64. The molecule has 2 N–H and O–H groups in total. The molecule has 1 aromatic rings. The summed E-state index contributed by atoms with van der Waals surface area (Å²) in [5, 5.41) is 2.77. The summed E-state index contributed by atoms with van der Waals surface area (Å²) >= 11 is 0. The van der Waals surface area contributed by atoms with Crippen LogP contribution < -0.4 is 10.8 Å². The number of nitrogens with one attached hydrogen (secondary N) is 2. The maximum Gasteiger partial charge on any atom is 0.274 e. The second-order valence-corrected chi connectivity index (χ2v) is 3.78. The molecule has 0 spiro atoms. The van der Waals surface area contributed by atoms with Gasteiger partial charge in [0.05, 0.1) is 6.61 Å². The number of hydrogen-bond donors (Lipinski definition) is 2. The number of rotatable bonds is 3. The number of benzene rings is 1. The maximum absolute atomic E-state index is 11.6. The van der Waals surface area contributed by atoms with Crippen molar-refractivity contribution in [1.29, 1.82) is 0 Å². The highest BCUT2D eigenvalue weighted by atomic mass is 16.6. The molecule has 90 valence electrons. The quantitative estimate of drug-likeness (QED) is 0.773. The number of hydroxylamine groups is 1. The molecule has 0 fully saturated rings. The summed E-state index contributed by atoms with van der Waals surface area (Å²) in [4.78, 5) is 27.6. The van der Waals surface area contributed by atoms with Crippen molar-refractivity contribution in [1.82, 2.24) is 5.48 Å². The Kier molecular flexibility index (Phi) is 3.39. The highest BCUT2D eigenvalue weighted by molar-refractivity contribution is 5.97. The van der Waals surface area contributed by atoms with Gasteiger partial charge in [-0.2, -0.15) is 0 Å². The van der Waals surface area contributed by atoms with Crippen molar-refractivity contribution in [2.24, 2.45) is 0 Å². The van der Waals surface area contributed by atoms with Gasteiger partial charge in [0.2, 0.25) is 5.91 Å². The van der Waals surface area contributed by atoms with E-state index in [2.05, 4.69) is 10.8 Å². The van der Waals surface area contributed by atoms with Crippen molar-refractivity contribution in [3.05, 3.63) is 29.3 Å². The molecule has 5 nitrogen and oxygen atoms in total. The third-order valence-corrected chi connectivity index (χ3v) is 2.57. The molecule has 0 saturated heterocycles. The van der Waals surface area contributed by atoms with E-state index in [1.807, 2.05) is 0 Å². The zero-order chi connectivity index (χ0) is 12.3. The first-order valence-electron chi connectivity index (χ1n) is 5.55. The van der Waals surface area contributed by atoms with Crippen LogP contribution in [0, 0.1) is 0 Å². The Bertz CT molecular complexity index is 457. The molecule has 1 heterocycles. The van der Waals surface area contributed by atoms with Crippen molar-refractivity contribution in [2.75, 3.05) is 11.9 Å². The molecule has 0 bridgehead atoms. The Labute approximate surface area is 99.1 Å². The molecule has 0 saturated carbocycles. The van der Waals surface area contributed by atoms with Gasteiger partial charge >= 0.3 is 0 Å². The smallest absolute Gasteiger partial charge is 0.274 e. The van der Waals surface area contributed by atoms with Gasteiger partial charge in [0, 0.05) is 17.7 Å². The molecule has 1 aliphatic heterocycles. The Hall–Kier alpha value is -1.88. The number of carbonyl (C=O) groups excluding carboxylic acids is 2. The second kappa shape index (κ2) is 4.97. The zero-order valence-corrected chi connectivity index (χ0v) is 9.58. The minimum atomic E-state index is -0.272. The van der Waals surface area contributed by atoms with E-state index in [-0.39, 0.29) is 11.8 Å². The third-order valence-electron chi connectivity index (χ3n) is 2.57. The SMILES string of the molecule is CCONC(=O)c1ccc2c(c1)CCC(=O)N2. The van der Waals surface area contributed by atoms with Crippen LogP contribution in [0.4, 0.5) is 5.69 Å². The zero-order valence-electron chi connectivity index (χ0n) is 9.58. The summed E-state index contributed by atoms with van der Waals surface area (Å²) in [6, 6.07) is 5.19. The van der Waals surface area contributed by atoms with Gasteiger partial charge in [0.1, 0.15) is 0 Å². The number of amides is 2. The van der Waals surface area contributed by atoms with Gasteiger partial charge < -0.3 is 5.32 Å². The van der Waals surface area contributed by atoms with Crippen LogP contribution in [0.25, 0.3) is 0 Å². The fourth-order valence-corrected chi connectivity index (χ4v) is 1.72. The first kappa shape index (κ1) is 11.6. The van der Waals surface area contributed by atoms with Crippen molar-refractivity contribution in [3.63, 3.8) is 0 Å². The molecular weight excluding hydrogens is 220 g/mol. The van der Waals surface area contributed by atoms with E-state index in [9.17, 15) is 9.59 Å². The number of aryl methyl sites for hydroxylation is 1. The normalized spacial score (nSPS) is 13.8. The topological polar surface area (TPSA) is 67.4 Å². The third kappa shape index (κ3) is 2.62. The fourth-order valence-electron chi connectivity index (χ4n) is 1.72. The summed E-state index contributed by atoms with van der Waals surface area (Å²) in [7, 11) is 0. The van der Waals surface area contributed by atoms with Gasteiger partial charge in [-0.1, -0.05) is 0 Å². The van der Waals surface area contributed by atoms with Crippen LogP contribution in [0.5, 0.6) is 0 Å². The van der Waals surface area contributed by atoms with Crippen LogP contribution in [0.15, 0.2) is 18.2 Å². The molecule has 0 aromatic heterocycles. The Morgan fingerprint density at radius 3 is 3.06 bits per heavy atom. The predicted molar refractivity (Wildman–Crippen MR) is 62.5 cm³/mol. The summed E-state index contributed by atoms with van der Waals surface area (Å²) in [6.45, 7) is 2.22. The highest BCUT2D eigenvalue weighted by Gasteiger charge is 2.16. The number of fused-ring (bicyclic) bond motifs is 1. The monoisotopic (exact) mass is 234 g/mol. The molecule has 0 aliphatic carbocycles. The number of carbonyl (C=O) groups is 2. The van der Waals surface area contributed by atoms with Crippen molar-refractivity contribution in [3.8, 4) is 0 Å². The van der Waals surface area contributed by atoms with E-state index in [0.29, 0.717) is 25.0 Å². The summed E-state index contributed by atoms with van der Waals surface area (Å²) in [6.07, 6.45) is 1.13. The lowest BCUT2D eigenvalue weighted by molar-refractivity contribution is -0.116. The van der Waals surface area contributed by atoms with Gasteiger partial charge in [0.15, 0.2) is 0 Å². The molecule has 0 radical (unpaired) electrons. The van der Waals surface area contributed by atoms with E-state index in [1.54, 1.807) is 25.1 Å². The lowest BCUT2D eigenvalue weighted by Crippen LogP contribution is -2.24. The molecule has 0 atom stereocenters. The standard InChI is InChI=1S/C12H14N2O3/c1-2-17-14-12(16)9-3-5-10-8(7-9)4-6-11(15)13-10/h3,5,7H,2,4,6H2,1H3,(H,13,15)(H,14,16). The van der Waals surface area contributed by atoms with Gasteiger partial charge in [-0.15, -0.1) is 0 Å². The largest absolute Gasteiger partial charge is 0.326 e. The minimum absolute atomic E-state index is 0.0176. The van der Waals surface area contributed by atoms with Gasteiger partial charge in [0.25, 0.3) is 5.91 Å². The first-order chi connectivity index (χ1) is 8.20. The average molecular weight is 234 g/mol. The molecule has 5 heteroatoms. The molecule has 0 unspecified atom stereocenters. The molecule has 2 amide bonds. The van der Waals surface area contributed by atoms with Gasteiger partial charge in [-0.05, 0) is 37.1 Å². The maximum atomic E-state index is 11.6. The van der Waals surface area contributed by atoms with Gasteiger partial charge in [-0.25, -0.2) is 5.48 Å². The Balaban J connectivity index is 2.16. The van der Waals surface area contributed by atoms with Crippen LogP contribution in [-0.2, 0) is 16.1 Å². The molecule has 17 heavy (non-hydrogen) atoms. The molecule has 1 aromatic carbocycles. The Morgan fingerprint density at radius 2 is 2.29 bits per heavy atom. The van der Waals surface area contributed by atoms with Crippen LogP contribution in [0.1, 0.15) is 29.3 Å². The highest BCUT2D eigenvalue weighted by Crippen LogP contribution is 2.23. The van der Waals surface area contributed by atoms with Crippen molar-refractivity contribution in [2.45, 2.75) is 19.8 Å². The number of hydrogen-bond acceptors (Lipinski definition) is 3. The first-order valence-corrected chi connectivity index (χ1v) is 5.55. The number of anilines is 1. The van der Waals surface area contributed by atoms with E-state index in [1.165, 1.54) is 0 Å². The van der Waals surface area contributed by atoms with Gasteiger partial charge in [-0.3, -0.25) is 14.4 Å². The van der Waals surface area contributed by atoms with Crippen LogP contribution in [0.2, 0.25) is 0 Å². The van der Waals surface area contributed by atoms with E-state index in [4.69, 9.17) is 4.84 Å². The van der Waals surface area contributed by atoms with Crippen molar-refractivity contribution >= 4 is 17.5 Å². The van der Waals surface area contributed by atoms with Crippen LogP contribution in [-0.4, -0.2) is 18.4 Å². The molecule has 1 aliphatic rings.